The van der Waals surface area contributed by atoms with Crippen LogP contribution in [0.1, 0.15) is 56.0 Å². The third kappa shape index (κ3) is 6.43. The van der Waals surface area contributed by atoms with Crippen molar-refractivity contribution in [3.05, 3.63) is 53.2 Å². The predicted octanol–water partition coefficient (Wildman–Crippen LogP) is 2.60. The van der Waals surface area contributed by atoms with Crippen LogP contribution in [0.3, 0.4) is 0 Å². The Bertz CT molecular complexity index is 1380. The van der Waals surface area contributed by atoms with Crippen LogP contribution >= 0.6 is 11.3 Å². The van der Waals surface area contributed by atoms with E-state index in [1.54, 1.807) is 22.2 Å². The van der Waals surface area contributed by atoms with E-state index in [1.165, 1.54) is 11.1 Å². The lowest BCUT2D eigenvalue weighted by molar-refractivity contribution is -0.142. The molecule has 3 atom stereocenters. The van der Waals surface area contributed by atoms with Crippen LogP contribution in [0.2, 0.25) is 0 Å². The number of fused-ring (bicyclic) bond motifs is 1. The Morgan fingerprint density at radius 3 is 2.68 bits per heavy atom. The first-order valence-corrected chi connectivity index (χ1v) is 14.7. The van der Waals surface area contributed by atoms with E-state index < -0.39 is 35.4 Å². The van der Waals surface area contributed by atoms with Gasteiger partial charge in [-0.1, -0.05) is 45.0 Å². The highest BCUT2D eigenvalue weighted by atomic mass is 32.1. The summed E-state index contributed by atoms with van der Waals surface area (Å²) in [6, 6.07) is 5.96. The van der Waals surface area contributed by atoms with Gasteiger partial charge < -0.3 is 25.4 Å². The number of rotatable bonds is 7. The quantitative estimate of drug-likeness (QED) is 0.391. The first-order valence-electron chi connectivity index (χ1n) is 13.9. The summed E-state index contributed by atoms with van der Waals surface area (Å²) in [7, 11) is 0. The summed E-state index contributed by atoms with van der Waals surface area (Å²) < 4.78 is 7.44. The van der Waals surface area contributed by atoms with Gasteiger partial charge in [-0.2, -0.15) is 5.10 Å². The molecule has 218 valence electrons. The van der Waals surface area contributed by atoms with Gasteiger partial charge in [-0.25, -0.2) is 9.67 Å². The van der Waals surface area contributed by atoms with E-state index >= 15 is 0 Å². The molecule has 1 fully saturated rings. The van der Waals surface area contributed by atoms with Crippen molar-refractivity contribution >= 4 is 29.1 Å². The molecule has 4 heterocycles. The molecular formula is C29H36N6O5S. The van der Waals surface area contributed by atoms with Crippen molar-refractivity contribution in [2.24, 2.45) is 5.41 Å². The number of hydrogen-bond donors (Lipinski definition) is 3. The van der Waals surface area contributed by atoms with Gasteiger partial charge in [0.2, 0.25) is 17.7 Å². The maximum Gasteiger partial charge on any atom is 0.259 e. The van der Waals surface area contributed by atoms with Crippen molar-refractivity contribution in [1.82, 2.24) is 30.3 Å². The molecule has 0 saturated carbocycles. The molecule has 0 radical (unpaired) electrons. The minimum Gasteiger partial charge on any atom is -0.477 e. The number of carbonyl (C=O) groups excluding carboxylic acids is 3. The zero-order valence-electron chi connectivity index (χ0n) is 23.5. The average molecular weight is 581 g/mol. The van der Waals surface area contributed by atoms with Gasteiger partial charge >= 0.3 is 0 Å². The van der Waals surface area contributed by atoms with Crippen LogP contribution in [-0.2, 0) is 22.7 Å². The highest BCUT2D eigenvalue weighted by Crippen LogP contribution is 2.28. The summed E-state index contributed by atoms with van der Waals surface area (Å²) in [6.45, 7) is 6.98. The third-order valence-electron chi connectivity index (χ3n) is 7.39. The van der Waals surface area contributed by atoms with Crippen molar-refractivity contribution in [2.45, 2.75) is 71.3 Å². The standard InChI is InChI=1S/C29H36N6O5S/c1-29(2,3)23(33-24(37)21-16-32-35-11-4-5-12-40-28(21)35)27(39)34-17-20(36)14-22(34)25(38)31-15-18-6-8-19(9-7-18)26-30-10-13-41-26/h6-10,13,16,20,22-23,36H,4-5,11-12,14-15,17H2,1-3H3,(H,31,38)(H,33,37)/t20-,22+,23-/m1/s1. The number of aryl methyl sites for hydroxylation is 1. The van der Waals surface area contributed by atoms with Crippen molar-refractivity contribution in [1.29, 1.82) is 0 Å². The van der Waals surface area contributed by atoms with Crippen molar-refractivity contribution < 1.29 is 24.2 Å². The van der Waals surface area contributed by atoms with Gasteiger partial charge in [0.25, 0.3) is 5.91 Å². The molecule has 1 saturated heterocycles. The molecule has 12 heteroatoms. The maximum atomic E-state index is 13.9. The molecule has 3 aromatic rings. The second kappa shape index (κ2) is 12.0. The number of nitrogens with one attached hydrogen (secondary N) is 2. The zero-order valence-corrected chi connectivity index (χ0v) is 24.3. The van der Waals surface area contributed by atoms with Gasteiger partial charge in [0.15, 0.2) is 0 Å². The zero-order chi connectivity index (χ0) is 29.1. The van der Waals surface area contributed by atoms with Crippen LogP contribution in [0.25, 0.3) is 10.6 Å². The number of hydrogen-bond acceptors (Lipinski definition) is 8. The predicted molar refractivity (Wildman–Crippen MR) is 153 cm³/mol. The SMILES string of the molecule is CC(C)(C)[C@H](NC(=O)c1cnn2c1OCCCC2)C(=O)N1C[C@H](O)C[C@H]1C(=O)NCc1ccc(-c2nccs2)cc1. The lowest BCUT2D eigenvalue weighted by Gasteiger charge is -2.35. The smallest absolute Gasteiger partial charge is 0.259 e. The highest BCUT2D eigenvalue weighted by Gasteiger charge is 2.44. The molecule has 2 aromatic heterocycles. The molecule has 0 unspecified atom stereocenters. The highest BCUT2D eigenvalue weighted by molar-refractivity contribution is 7.13. The van der Waals surface area contributed by atoms with E-state index in [1.807, 2.05) is 50.4 Å². The monoisotopic (exact) mass is 580 g/mol. The van der Waals surface area contributed by atoms with Crippen LogP contribution < -0.4 is 15.4 Å². The van der Waals surface area contributed by atoms with Gasteiger partial charge in [-0.3, -0.25) is 14.4 Å². The Morgan fingerprint density at radius 2 is 1.98 bits per heavy atom. The van der Waals surface area contributed by atoms with E-state index in [4.69, 9.17) is 4.74 Å². The second-order valence-corrected chi connectivity index (χ2v) is 12.5. The fraction of sp³-hybridized carbons (Fsp3) is 0.483. The van der Waals surface area contributed by atoms with Crippen LogP contribution in [-0.4, -0.2) is 73.8 Å². The first-order chi connectivity index (χ1) is 19.6. The fourth-order valence-electron chi connectivity index (χ4n) is 5.14. The Labute approximate surface area is 242 Å². The Morgan fingerprint density at radius 1 is 1.20 bits per heavy atom. The van der Waals surface area contributed by atoms with Gasteiger partial charge in [0.05, 0.1) is 18.9 Å². The molecule has 3 amide bonds. The number of aliphatic hydroxyl groups excluding tert-OH is 1. The largest absolute Gasteiger partial charge is 0.477 e. The molecular weight excluding hydrogens is 544 g/mol. The molecule has 11 nitrogen and oxygen atoms in total. The summed E-state index contributed by atoms with van der Waals surface area (Å²) in [5.74, 6) is -0.847. The first kappa shape index (κ1) is 28.7. The van der Waals surface area contributed by atoms with E-state index in [0.717, 1.165) is 29.0 Å². The van der Waals surface area contributed by atoms with E-state index in [0.29, 0.717) is 19.0 Å². The molecule has 0 aliphatic carbocycles. The summed E-state index contributed by atoms with van der Waals surface area (Å²) in [4.78, 5) is 46.2. The molecule has 5 rings (SSSR count). The molecule has 1 aromatic carbocycles. The number of thiazole rings is 1. The van der Waals surface area contributed by atoms with Crippen LogP contribution in [0.5, 0.6) is 5.88 Å². The van der Waals surface area contributed by atoms with Gasteiger partial charge in [0, 0.05) is 43.2 Å². The minimum atomic E-state index is -0.949. The lowest BCUT2D eigenvalue weighted by Crippen LogP contribution is -2.57. The summed E-state index contributed by atoms with van der Waals surface area (Å²) in [5.41, 5.74) is 1.49. The van der Waals surface area contributed by atoms with Crippen LogP contribution in [0.15, 0.2) is 42.0 Å². The van der Waals surface area contributed by atoms with E-state index in [9.17, 15) is 19.5 Å². The summed E-state index contributed by atoms with van der Waals surface area (Å²) in [6.07, 6.45) is 4.26. The van der Waals surface area contributed by atoms with Gasteiger partial charge in [0.1, 0.15) is 22.7 Å². The number of aliphatic hydroxyl groups is 1. The number of nitrogens with zero attached hydrogens (tertiary/aromatic N) is 4. The van der Waals surface area contributed by atoms with Crippen molar-refractivity contribution in [3.63, 3.8) is 0 Å². The fourth-order valence-corrected chi connectivity index (χ4v) is 5.79. The average Bonchev–Trinajstić information content (AvgIpc) is 3.67. The number of ether oxygens (including phenoxy) is 1. The van der Waals surface area contributed by atoms with Gasteiger partial charge in [-0.15, -0.1) is 11.3 Å². The minimum absolute atomic E-state index is 0.00811. The normalized spacial score (nSPS) is 19.6. The molecule has 0 spiro atoms. The van der Waals surface area contributed by atoms with Crippen LogP contribution in [0, 0.1) is 5.41 Å². The molecule has 0 bridgehead atoms. The number of β-amino-alcohol motifs (C(OH)–C–C–N with tert-alkyl or cyclic N) is 1. The summed E-state index contributed by atoms with van der Waals surface area (Å²) >= 11 is 1.55. The van der Waals surface area contributed by atoms with Crippen molar-refractivity contribution in [3.8, 4) is 16.5 Å². The number of likely N-dealkylation sites (tertiary alicyclic amines) is 1. The number of amides is 3. The van der Waals surface area contributed by atoms with E-state index in [2.05, 4.69) is 20.7 Å². The molecule has 41 heavy (non-hydrogen) atoms. The number of carbonyl (C=O) groups is 3. The Kier molecular flexibility index (Phi) is 8.41. The van der Waals surface area contributed by atoms with Crippen LogP contribution in [0.4, 0.5) is 0 Å². The third-order valence-corrected chi connectivity index (χ3v) is 8.21. The maximum absolute atomic E-state index is 13.9. The Balaban J connectivity index is 1.27. The molecule has 2 aliphatic heterocycles. The van der Waals surface area contributed by atoms with E-state index in [-0.39, 0.29) is 31.0 Å². The molecule has 3 N–H and O–H groups in total. The molecule has 2 aliphatic rings. The number of benzene rings is 1. The topological polar surface area (TPSA) is 139 Å². The van der Waals surface area contributed by atoms with Crippen molar-refractivity contribution in [2.75, 3.05) is 13.2 Å². The Hall–Kier alpha value is -3.77. The summed E-state index contributed by atoms with van der Waals surface area (Å²) in [5, 5.41) is 23.4. The lowest BCUT2D eigenvalue weighted by atomic mass is 9.85. The second-order valence-electron chi connectivity index (χ2n) is 11.6. The van der Waals surface area contributed by atoms with Gasteiger partial charge in [-0.05, 0) is 23.8 Å². The number of aromatic nitrogens is 3.